The summed E-state index contributed by atoms with van der Waals surface area (Å²) in [7, 11) is 0. The molecule has 3 heteroatoms. The second-order valence-corrected chi connectivity index (χ2v) is 14.5. The molecule has 0 radical (unpaired) electrons. The first-order chi connectivity index (χ1) is 15.4. The van der Waals surface area contributed by atoms with Gasteiger partial charge < -0.3 is 4.74 Å². The Morgan fingerprint density at radius 2 is 1.28 bits per heavy atom. The fourth-order valence-electron chi connectivity index (χ4n) is 4.36. The molecule has 0 saturated carbocycles. The second kappa shape index (κ2) is 11.9. The molecule has 1 nitrogen and oxygen atoms in total. The zero-order chi connectivity index (χ0) is 22.9. The van der Waals surface area contributed by atoms with Crippen LogP contribution < -0.4 is 10.6 Å². The molecule has 0 aliphatic heterocycles. The molecule has 0 spiro atoms. The van der Waals surface area contributed by atoms with Crippen LogP contribution in [0.2, 0.25) is 0 Å². The molecule has 0 bridgehead atoms. The van der Waals surface area contributed by atoms with E-state index < -0.39 is 6.04 Å². The van der Waals surface area contributed by atoms with Crippen molar-refractivity contribution in [3.05, 3.63) is 96.6 Å². The second-order valence-electron chi connectivity index (χ2n) is 9.42. The molecule has 3 aromatic rings. The number of benzene rings is 3. The minimum atomic E-state index is -1.94. The molecule has 0 amide bonds. The maximum atomic E-state index is 6.57. The first kappa shape index (κ1) is 24.9. The normalized spacial score (nSPS) is 13.1. The van der Waals surface area contributed by atoms with E-state index in [0.29, 0.717) is 12.5 Å². The monoisotopic (exact) mass is 464 g/mol. The SMILES string of the molecule is CC(CCCC(C)(C)P(=S)(c1ccccc1)c1ccccc1)CCOCc1ccccc1. The van der Waals surface area contributed by atoms with Crippen molar-refractivity contribution in [1.82, 2.24) is 0 Å². The third-order valence-corrected chi connectivity index (χ3v) is 13.2. The van der Waals surface area contributed by atoms with Crippen molar-refractivity contribution < 1.29 is 4.74 Å². The van der Waals surface area contributed by atoms with E-state index in [1.165, 1.54) is 29.0 Å². The predicted octanol–water partition coefficient (Wildman–Crippen LogP) is 7.31. The molecular formula is C29H37OPS. The molecule has 3 rings (SSSR count). The summed E-state index contributed by atoms with van der Waals surface area (Å²) in [5.41, 5.74) is 1.24. The third-order valence-electron chi connectivity index (χ3n) is 6.44. The van der Waals surface area contributed by atoms with Crippen LogP contribution >= 0.6 is 6.04 Å². The minimum Gasteiger partial charge on any atom is -0.377 e. The van der Waals surface area contributed by atoms with Gasteiger partial charge in [0, 0.05) is 17.8 Å². The van der Waals surface area contributed by atoms with E-state index in [0.717, 1.165) is 19.4 Å². The van der Waals surface area contributed by atoms with Gasteiger partial charge in [-0.05, 0) is 34.9 Å². The quantitative estimate of drug-likeness (QED) is 0.205. The van der Waals surface area contributed by atoms with Gasteiger partial charge in [-0.25, -0.2) is 0 Å². The summed E-state index contributed by atoms with van der Waals surface area (Å²) in [6, 6.07) is 30.1. The largest absolute Gasteiger partial charge is 0.377 e. The van der Waals surface area contributed by atoms with E-state index in [1.807, 2.05) is 6.07 Å². The van der Waals surface area contributed by atoms with Crippen molar-refractivity contribution >= 4 is 28.5 Å². The molecule has 170 valence electrons. The maximum Gasteiger partial charge on any atom is 0.0716 e. The Morgan fingerprint density at radius 1 is 0.781 bits per heavy atom. The summed E-state index contributed by atoms with van der Waals surface area (Å²) >= 11 is 6.57. The third kappa shape index (κ3) is 6.41. The fourth-order valence-corrected chi connectivity index (χ4v) is 8.71. The summed E-state index contributed by atoms with van der Waals surface area (Å²) in [6.45, 7) is 8.66. The van der Waals surface area contributed by atoms with E-state index in [2.05, 4.69) is 106 Å². The van der Waals surface area contributed by atoms with Gasteiger partial charge in [0.05, 0.1) is 6.61 Å². The van der Waals surface area contributed by atoms with Crippen LogP contribution in [0.15, 0.2) is 91.0 Å². The highest BCUT2D eigenvalue weighted by atomic mass is 32.4. The van der Waals surface area contributed by atoms with Crippen LogP contribution in [0.4, 0.5) is 0 Å². The van der Waals surface area contributed by atoms with Crippen LogP contribution in [-0.2, 0) is 23.2 Å². The summed E-state index contributed by atoms with van der Waals surface area (Å²) in [5.74, 6) is 0.660. The van der Waals surface area contributed by atoms with Crippen molar-refractivity contribution in [1.29, 1.82) is 0 Å². The Bertz CT molecular complexity index is 926. The van der Waals surface area contributed by atoms with Crippen molar-refractivity contribution in [2.45, 2.75) is 58.2 Å². The van der Waals surface area contributed by atoms with Gasteiger partial charge >= 0.3 is 0 Å². The molecule has 32 heavy (non-hydrogen) atoms. The van der Waals surface area contributed by atoms with Gasteiger partial charge in [-0.3, -0.25) is 0 Å². The van der Waals surface area contributed by atoms with Gasteiger partial charge in [-0.15, -0.1) is 0 Å². The molecule has 0 aliphatic rings. The first-order valence-corrected chi connectivity index (χ1v) is 14.6. The molecule has 0 fully saturated rings. The van der Waals surface area contributed by atoms with Gasteiger partial charge in [-0.2, -0.15) is 0 Å². The lowest BCUT2D eigenvalue weighted by atomic mass is 9.97. The first-order valence-electron chi connectivity index (χ1n) is 11.8. The van der Waals surface area contributed by atoms with E-state index in [9.17, 15) is 0 Å². The van der Waals surface area contributed by atoms with Crippen LogP contribution in [0.1, 0.15) is 52.0 Å². The Hall–Kier alpha value is -1.73. The highest BCUT2D eigenvalue weighted by Crippen LogP contribution is 2.58. The molecule has 0 aliphatic carbocycles. The lowest BCUT2D eigenvalue weighted by Gasteiger charge is -2.39. The van der Waals surface area contributed by atoms with Crippen LogP contribution in [0.25, 0.3) is 0 Å². The zero-order valence-corrected chi connectivity index (χ0v) is 21.5. The number of rotatable bonds is 12. The van der Waals surface area contributed by atoms with Gasteiger partial charge in [-0.1, -0.05) is 136 Å². The summed E-state index contributed by atoms with van der Waals surface area (Å²) < 4.78 is 5.90. The van der Waals surface area contributed by atoms with Gasteiger partial charge in [0.2, 0.25) is 0 Å². The van der Waals surface area contributed by atoms with E-state index in [-0.39, 0.29) is 5.16 Å². The topological polar surface area (TPSA) is 9.23 Å². The highest BCUT2D eigenvalue weighted by molar-refractivity contribution is 8.22. The van der Waals surface area contributed by atoms with Gasteiger partial charge in [0.1, 0.15) is 0 Å². The molecule has 0 aromatic heterocycles. The lowest BCUT2D eigenvalue weighted by Crippen LogP contribution is -2.33. The van der Waals surface area contributed by atoms with Crippen LogP contribution in [0, 0.1) is 5.92 Å². The zero-order valence-electron chi connectivity index (χ0n) is 19.7. The Kier molecular flexibility index (Phi) is 9.29. The smallest absolute Gasteiger partial charge is 0.0716 e. The highest BCUT2D eigenvalue weighted by Gasteiger charge is 2.38. The summed E-state index contributed by atoms with van der Waals surface area (Å²) in [6.07, 6.45) is 4.67. The van der Waals surface area contributed by atoms with Crippen LogP contribution in [0.5, 0.6) is 0 Å². The van der Waals surface area contributed by atoms with Crippen molar-refractivity contribution in [3.8, 4) is 0 Å². The number of ether oxygens (including phenoxy) is 1. The van der Waals surface area contributed by atoms with E-state index in [1.54, 1.807) is 0 Å². The minimum absolute atomic E-state index is 0.0641. The molecule has 0 saturated heterocycles. The van der Waals surface area contributed by atoms with Crippen LogP contribution in [0.3, 0.4) is 0 Å². The van der Waals surface area contributed by atoms with E-state index >= 15 is 0 Å². The molecule has 0 heterocycles. The predicted molar refractivity (Wildman–Crippen MR) is 144 cm³/mol. The van der Waals surface area contributed by atoms with Crippen molar-refractivity contribution in [2.24, 2.45) is 5.92 Å². The number of hydrogen-bond donors (Lipinski definition) is 0. The molecule has 0 N–H and O–H groups in total. The summed E-state index contributed by atoms with van der Waals surface area (Å²) in [4.78, 5) is 0. The Morgan fingerprint density at radius 3 is 1.81 bits per heavy atom. The fraction of sp³-hybridized carbons (Fsp3) is 0.379. The molecule has 1 unspecified atom stereocenters. The van der Waals surface area contributed by atoms with E-state index in [4.69, 9.17) is 16.5 Å². The molecule has 3 aromatic carbocycles. The Balaban J connectivity index is 1.56. The molecular weight excluding hydrogens is 427 g/mol. The average Bonchev–Trinajstić information content (AvgIpc) is 2.83. The van der Waals surface area contributed by atoms with Gasteiger partial charge in [0.25, 0.3) is 0 Å². The Labute approximate surface area is 200 Å². The molecule has 1 atom stereocenters. The van der Waals surface area contributed by atoms with Crippen LogP contribution in [-0.4, -0.2) is 11.8 Å². The van der Waals surface area contributed by atoms with Crippen molar-refractivity contribution in [2.75, 3.05) is 6.61 Å². The van der Waals surface area contributed by atoms with Crippen molar-refractivity contribution in [3.63, 3.8) is 0 Å². The summed E-state index contributed by atoms with van der Waals surface area (Å²) in [5, 5.41) is 2.72. The lowest BCUT2D eigenvalue weighted by molar-refractivity contribution is 0.107. The average molecular weight is 465 g/mol. The standard InChI is InChI=1S/C29H37OPS/c1-25(21-23-30-24-26-15-7-4-8-16-26)14-13-22-29(2,3)31(32,27-17-9-5-10-18-27)28-19-11-6-12-20-28/h4-12,15-20,25H,13-14,21-24H2,1-3H3. The van der Waals surface area contributed by atoms with Gasteiger partial charge in [0.15, 0.2) is 0 Å². The number of hydrogen-bond acceptors (Lipinski definition) is 2. The maximum absolute atomic E-state index is 6.57.